The first-order chi connectivity index (χ1) is 20.2. The van der Waals surface area contributed by atoms with Crippen LogP contribution in [0.15, 0.2) is 98.0 Å². The minimum atomic E-state index is 0.389. The topological polar surface area (TPSA) is 87.9 Å². The molecule has 0 unspecified atom stereocenters. The van der Waals surface area contributed by atoms with Gasteiger partial charge in [-0.05, 0) is 55.3 Å². The SMILES string of the molecule is C=Cc1cnc2nc(-c3ccc(CN4CCC(c5nc(-c6ccccn6)n[nH]5)CC4)cc3)c(-c3ccccc3)cn12. The number of hydrogen-bond donors (Lipinski definition) is 1. The van der Waals surface area contributed by atoms with Crippen molar-refractivity contribution in [2.45, 2.75) is 25.3 Å². The number of benzene rings is 2. The molecule has 0 atom stereocenters. The van der Waals surface area contributed by atoms with E-state index < -0.39 is 0 Å². The number of likely N-dealkylation sites (tertiary alicyclic amines) is 1. The molecular formula is C33H30N8. The molecule has 0 radical (unpaired) electrons. The number of hydrogen-bond acceptors (Lipinski definition) is 6. The summed E-state index contributed by atoms with van der Waals surface area (Å²) >= 11 is 0. The minimum Gasteiger partial charge on any atom is -0.299 e. The van der Waals surface area contributed by atoms with Crippen molar-refractivity contribution in [2.75, 3.05) is 13.1 Å². The van der Waals surface area contributed by atoms with Gasteiger partial charge in [-0.25, -0.2) is 15.0 Å². The fourth-order valence-electron chi connectivity index (χ4n) is 5.59. The zero-order valence-electron chi connectivity index (χ0n) is 22.7. The van der Waals surface area contributed by atoms with E-state index in [2.05, 4.69) is 86.4 Å². The number of nitrogens with zero attached hydrogens (tertiary/aromatic N) is 7. The molecule has 0 amide bonds. The number of rotatable bonds is 7. The lowest BCUT2D eigenvalue weighted by atomic mass is 9.95. The standard InChI is InChI=1S/C33H30N8/c1-2-27-20-35-33-36-30(28(22-41(27)33)24-8-4-3-5-9-24)25-13-11-23(12-14-25)21-40-18-15-26(16-19-40)31-37-32(39-38-31)29-10-6-7-17-34-29/h2-14,17,20,22,26H,1,15-16,18-19,21H2,(H,37,38,39). The third-order valence-electron chi connectivity index (χ3n) is 7.83. The summed E-state index contributed by atoms with van der Waals surface area (Å²) in [5.41, 5.74) is 7.20. The monoisotopic (exact) mass is 538 g/mol. The van der Waals surface area contributed by atoms with Crippen LogP contribution >= 0.6 is 0 Å². The number of H-pyrrole nitrogens is 1. The van der Waals surface area contributed by atoms with E-state index in [1.165, 1.54) is 5.56 Å². The second kappa shape index (κ2) is 10.9. The quantitative estimate of drug-likeness (QED) is 0.258. The van der Waals surface area contributed by atoms with Gasteiger partial charge in [-0.2, -0.15) is 5.10 Å². The summed E-state index contributed by atoms with van der Waals surface area (Å²) in [6.45, 7) is 6.89. The van der Waals surface area contributed by atoms with Gasteiger partial charge >= 0.3 is 0 Å². The van der Waals surface area contributed by atoms with E-state index in [0.717, 1.165) is 72.1 Å². The summed E-state index contributed by atoms with van der Waals surface area (Å²) in [6.07, 6.45) is 9.60. The lowest BCUT2D eigenvalue weighted by molar-refractivity contribution is 0.202. The van der Waals surface area contributed by atoms with E-state index in [-0.39, 0.29) is 0 Å². The smallest absolute Gasteiger partial charge is 0.234 e. The van der Waals surface area contributed by atoms with Crippen molar-refractivity contribution in [1.29, 1.82) is 0 Å². The fourth-order valence-corrected chi connectivity index (χ4v) is 5.59. The maximum atomic E-state index is 4.97. The molecule has 8 heteroatoms. The molecule has 6 aromatic rings. The van der Waals surface area contributed by atoms with Gasteiger partial charge in [0, 0.05) is 36.0 Å². The zero-order chi connectivity index (χ0) is 27.6. The van der Waals surface area contributed by atoms with Gasteiger partial charge in [-0.15, -0.1) is 0 Å². The Balaban J connectivity index is 1.06. The third kappa shape index (κ3) is 5.05. The van der Waals surface area contributed by atoms with Gasteiger partial charge in [0.1, 0.15) is 11.5 Å². The lowest BCUT2D eigenvalue weighted by Crippen LogP contribution is -2.32. The molecule has 1 fully saturated rings. The maximum Gasteiger partial charge on any atom is 0.234 e. The molecule has 0 aliphatic carbocycles. The predicted molar refractivity (Wildman–Crippen MR) is 161 cm³/mol. The Kier molecular flexibility index (Phi) is 6.66. The Morgan fingerprint density at radius 1 is 0.878 bits per heavy atom. The van der Waals surface area contributed by atoms with Crippen LogP contribution in [-0.4, -0.2) is 52.5 Å². The Bertz CT molecular complexity index is 1780. The van der Waals surface area contributed by atoms with Gasteiger partial charge in [0.25, 0.3) is 0 Å². The highest BCUT2D eigenvalue weighted by Crippen LogP contribution is 2.32. The normalized spacial score (nSPS) is 14.4. The molecule has 41 heavy (non-hydrogen) atoms. The first-order valence-electron chi connectivity index (χ1n) is 14.0. The van der Waals surface area contributed by atoms with Crippen molar-refractivity contribution in [3.8, 4) is 33.9 Å². The molecule has 202 valence electrons. The summed E-state index contributed by atoms with van der Waals surface area (Å²) in [4.78, 5) is 21.1. The molecule has 4 aromatic heterocycles. The van der Waals surface area contributed by atoms with E-state index >= 15 is 0 Å². The van der Waals surface area contributed by atoms with Crippen LogP contribution in [0.3, 0.4) is 0 Å². The predicted octanol–water partition coefficient (Wildman–Crippen LogP) is 6.27. The molecule has 1 saturated heterocycles. The number of aromatic nitrogens is 7. The van der Waals surface area contributed by atoms with Crippen LogP contribution in [0.4, 0.5) is 0 Å². The number of fused-ring (bicyclic) bond motifs is 1. The van der Waals surface area contributed by atoms with Crippen LogP contribution in [0.2, 0.25) is 0 Å². The van der Waals surface area contributed by atoms with Crippen molar-refractivity contribution in [2.24, 2.45) is 0 Å². The summed E-state index contributed by atoms with van der Waals surface area (Å²) in [5, 5.41) is 7.56. The van der Waals surface area contributed by atoms with Crippen LogP contribution in [0.5, 0.6) is 0 Å². The molecule has 0 bridgehead atoms. The van der Waals surface area contributed by atoms with Crippen LogP contribution in [-0.2, 0) is 6.54 Å². The van der Waals surface area contributed by atoms with Gasteiger partial charge in [-0.1, -0.05) is 67.2 Å². The third-order valence-corrected chi connectivity index (χ3v) is 7.83. The molecule has 7 rings (SSSR count). The first-order valence-corrected chi connectivity index (χ1v) is 14.0. The van der Waals surface area contributed by atoms with E-state index in [1.807, 2.05) is 34.9 Å². The molecule has 0 spiro atoms. The molecule has 5 heterocycles. The number of imidazole rings is 1. The Morgan fingerprint density at radius 2 is 1.68 bits per heavy atom. The molecule has 1 aliphatic rings. The van der Waals surface area contributed by atoms with Gasteiger partial charge in [0.2, 0.25) is 5.78 Å². The summed E-state index contributed by atoms with van der Waals surface area (Å²) < 4.78 is 2.00. The van der Waals surface area contributed by atoms with E-state index in [0.29, 0.717) is 17.5 Å². The molecule has 2 aromatic carbocycles. The van der Waals surface area contributed by atoms with Crippen LogP contribution in [0, 0.1) is 0 Å². The summed E-state index contributed by atoms with van der Waals surface area (Å²) in [7, 11) is 0. The number of aromatic amines is 1. The van der Waals surface area contributed by atoms with Gasteiger partial charge in [0.15, 0.2) is 5.82 Å². The first kappa shape index (κ1) is 25.0. The van der Waals surface area contributed by atoms with Gasteiger partial charge in [-0.3, -0.25) is 19.4 Å². The average Bonchev–Trinajstić information content (AvgIpc) is 3.70. The second-order valence-corrected chi connectivity index (χ2v) is 10.4. The van der Waals surface area contributed by atoms with E-state index in [1.54, 1.807) is 12.3 Å². The van der Waals surface area contributed by atoms with Crippen LogP contribution < -0.4 is 0 Å². The Morgan fingerprint density at radius 3 is 2.44 bits per heavy atom. The average molecular weight is 539 g/mol. The summed E-state index contributed by atoms with van der Waals surface area (Å²) in [5.74, 6) is 2.69. The summed E-state index contributed by atoms with van der Waals surface area (Å²) in [6, 6.07) is 25.0. The van der Waals surface area contributed by atoms with Crippen molar-refractivity contribution < 1.29 is 0 Å². The highest BCUT2D eigenvalue weighted by molar-refractivity contribution is 5.81. The fraction of sp³-hybridized carbons (Fsp3) is 0.182. The Hall–Kier alpha value is -4.95. The van der Waals surface area contributed by atoms with E-state index in [4.69, 9.17) is 9.97 Å². The second-order valence-electron chi connectivity index (χ2n) is 10.4. The van der Waals surface area contributed by atoms with E-state index in [9.17, 15) is 0 Å². The number of pyridine rings is 1. The van der Waals surface area contributed by atoms with Crippen LogP contribution in [0.1, 0.15) is 35.8 Å². The van der Waals surface area contributed by atoms with Crippen molar-refractivity contribution in [3.63, 3.8) is 0 Å². The minimum absolute atomic E-state index is 0.389. The highest BCUT2D eigenvalue weighted by Gasteiger charge is 2.24. The lowest BCUT2D eigenvalue weighted by Gasteiger charge is -2.31. The Labute approximate surface area is 238 Å². The zero-order valence-corrected chi connectivity index (χ0v) is 22.7. The van der Waals surface area contributed by atoms with Gasteiger partial charge in [0.05, 0.1) is 17.6 Å². The molecule has 1 N–H and O–H groups in total. The largest absolute Gasteiger partial charge is 0.299 e. The maximum absolute atomic E-state index is 4.97. The molecule has 0 saturated carbocycles. The highest BCUT2D eigenvalue weighted by atomic mass is 15.2. The van der Waals surface area contributed by atoms with Crippen molar-refractivity contribution in [3.05, 3.63) is 115 Å². The number of piperidine rings is 1. The van der Waals surface area contributed by atoms with Crippen molar-refractivity contribution in [1.82, 2.24) is 39.4 Å². The molecule has 1 aliphatic heterocycles. The van der Waals surface area contributed by atoms with Crippen LogP contribution in [0.25, 0.3) is 45.8 Å². The number of nitrogens with one attached hydrogen (secondary N) is 1. The molecular weight excluding hydrogens is 508 g/mol. The van der Waals surface area contributed by atoms with Crippen molar-refractivity contribution >= 4 is 11.9 Å². The molecule has 8 nitrogen and oxygen atoms in total. The van der Waals surface area contributed by atoms with Gasteiger partial charge < -0.3 is 0 Å².